The van der Waals surface area contributed by atoms with Crippen LogP contribution in [0.4, 0.5) is 11.4 Å². The summed E-state index contributed by atoms with van der Waals surface area (Å²) in [4.78, 5) is 15.8. The van der Waals surface area contributed by atoms with E-state index in [1.807, 2.05) is 30.3 Å². The topological polar surface area (TPSA) is 32.3 Å². The van der Waals surface area contributed by atoms with Gasteiger partial charge in [0.25, 0.3) is 5.91 Å². The van der Waals surface area contributed by atoms with Gasteiger partial charge in [-0.1, -0.05) is 48.3 Å². The zero-order chi connectivity index (χ0) is 19.0. The van der Waals surface area contributed by atoms with Gasteiger partial charge in [-0.3, -0.25) is 4.79 Å². The summed E-state index contributed by atoms with van der Waals surface area (Å²) >= 11 is 13.9. The Morgan fingerprint density at radius 1 is 1.15 bits per heavy atom. The van der Waals surface area contributed by atoms with Gasteiger partial charge in [-0.15, -0.1) is 11.3 Å². The smallest absolute Gasteiger partial charge is 0.267 e. The van der Waals surface area contributed by atoms with Gasteiger partial charge in [0.2, 0.25) is 0 Å². The van der Waals surface area contributed by atoms with Gasteiger partial charge in [0.05, 0.1) is 16.4 Å². The fourth-order valence-electron chi connectivity index (χ4n) is 3.47. The standard InChI is InChI=1S/C21H20Cl2N2OS/c1-13-8-10-25(11-9-13)17-5-3-2-4-16(17)24-21(26)20-19(23)15-7-6-14(22)12-18(15)27-20/h2-7,12-13H,8-11H2,1H3,(H,24,26). The third-order valence-electron chi connectivity index (χ3n) is 5.07. The van der Waals surface area contributed by atoms with Gasteiger partial charge < -0.3 is 10.2 Å². The number of nitrogens with one attached hydrogen (secondary N) is 1. The van der Waals surface area contributed by atoms with Crippen LogP contribution in [0.2, 0.25) is 10.0 Å². The Kier molecular flexibility index (Phi) is 5.31. The van der Waals surface area contributed by atoms with E-state index in [2.05, 4.69) is 23.2 Å². The number of rotatable bonds is 3. The van der Waals surface area contributed by atoms with Crippen LogP contribution in [0.1, 0.15) is 29.4 Å². The van der Waals surface area contributed by atoms with Crippen LogP contribution in [-0.2, 0) is 0 Å². The molecule has 27 heavy (non-hydrogen) atoms. The Balaban J connectivity index is 1.61. The summed E-state index contributed by atoms with van der Waals surface area (Å²) < 4.78 is 0.913. The summed E-state index contributed by atoms with van der Waals surface area (Å²) in [5, 5.41) is 5.04. The molecule has 2 heterocycles. The van der Waals surface area contributed by atoms with Crippen molar-refractivity contribution in [2.45, 2.75) is 19.8 Å². The molecule has 140 valence electrons. The van der Waals surface area contributed by atoms with Crippen LogP contribution in [0, 0.1) is 5.92 Å². The van der Waals surface area contributed by atoms with Gasteiger partial charge in [-0.05, 0) is 43.0 Å². The van der Waals surface area contributed by atoms with E-state index >= 15 is 0 Å². The average molecular weight is 419 g/mol. The molecule has 1 aliphatic heterocycles. The van der Waals surface area contributed by atoms with E-state index in [1.165, 1.54) is 24.2 Å². The number of hydrogen-bond acceptors (Lipinski definition) is 3. The number of amides is 1. The first-order valence-electron chi connectivity index (χ1n) is 9.06. The normalized spacial score (nSPS) is 15.3. The van der Waals surface area contributed by atoms with Crippen molar-refractivity contribution in [3.8, 4) is 0 Å². The molecule has 3 nitrogen and oxygen atoms in total. The molecule has 1 amide bonds. The highest BCUT2D eigenvalue weighted by molar-refractivity contribution is 7.21. The largest absolute Gasteiger partial charge is 0.370 e. The van der Waals surface area contributed by atoms with E-state index in [1.54, 1.807) is 6.07 Å². The van der Waals surface area contributed by atoms with E-state index in [4.69, 9.17) is 23.2 Å². The molecule has 1 fully saturated rings. The van der Waals surface area contributed by atoms with Gasteiger partial charge in [-0.25, -0.2) is 0 Å². The van der Waals surface area contributed by atoms with E-state index in [-0.39, 0.29) is 5.91 Å². The molecule has 1 aliphatic rings. The lowest BCUT2D eigenvalue weighted by Gasteiger charge is -2.33. The second kappa shape index (κ2) is 7.70. The molecule has 2 aromatic carbocycles. The maximum Gasteiger partial charge on any atom is 0.267 e. The van der Waals surface area contributed by atoms with Crippen molar-refractivity contribution < 1.29 is 4.79 Å². The number of thiophene rings is 1. The van der Waals surface area contributed by atoms with Crippen LogP contribution in [0.5, 0.6) is 0 Å². The number of benzene rings is 2. The first-order valence-corrected chi connectivity index (χ1v) is 10.6. The zero-order valence-corrected chi connectivity index (χ0v) is 17.3. The van der Waals surface area contributed by atoms with Crippen molar-refractivity contribution in [2.24, 2.45) is 5.92 Å². The van der Waals surface area contributed by atoms with Crippen LogP contribution in [0.25, 0.3) is 10.1 Å². The fourth-order valence-corrected chi connectivity index (χ4v) is 5.16. The lowest BCUT2D eigenvalue weighted by molar-refractivity contribution is 0.103. The average Bonchev–Trinajstić information content (AvgIpc) is 2.99. The van der Waals surface area contributed by atoms with E-state index in [0.29, 0.717) is 14.9 Å². The molecule has 1 aromatic heterocycles. The minimum Gasteiger partial charge on any atom is -0.370 e. The Bertz CT molecular complexity index is 993. The SMILES string of the molecule is CC1CCN(c2ccccc2NC(=O)c2sc3cc(Cl)ccc3c2Cl)CC1. The summed E-state index contributed by atoms with van der Waals surface area (Å²) in [7, 11) is 0. The number of para-hydroxylation sites is 2. The van der Waals surface area contributed by atoms with Gasteiger partial charge in [0.1, 0.15) is 4.88 Å². The van der Waals surface area contributed by atoms with Crippen LogP contribution in [0.15, 0.2) is 42.5 Å². The Hall–Kier alpha value is -1.75. The van der Waals surface area contributed by atoms with Crippen LogP contribution in [0.3, 0.4) is 0 Å². The van der Waals surface area contributed by atoms with E-state index in [9.17, 15) is 4.79 Å². The maximum absolute atomic E-state index is 12.9. The first kappa shape index (κ1) is 18.6. The highest BCUT2D eigenvalue weighted by Crippen LogP contribution is 2.38. The summed E-state index contributed by atoms with van der Waals surface area (Å²) in [6, 6.07) is 13.5. The molecule has 4 rings (SSSR count). The van der Waals surface area contributed by atoms with E-state index < -0.39 is 0 Å². The third kappa shape index (κ3) is 3.79. The number of halogens is 2. The van der Waals surface area contributed by atoms with Crippen molar-refractivity contribution in [3.05, 3.63) is 57.4 Å². The summed E-state index contributed by atoms with van der Waals surface area (Å²) in [5.41, 5.74) is 1.89. The molecule has 0 unspecified atom stereocenters. The van der Waals surface area contributed by atoms with Crippen molar-refractivity contribution in [1.29, 1.82) is 0 Å². The summed E-state index contributed by atoms with van der Waals surface area (Å²) in [5.74, 6) is 0.572. The predicted molar refractivity (Wildman–Crippen MR) is 117 cm³/mol. The second-order valence-corrected chi connectivity index (χ2v) is 8.89. The van der Waals surface area contributed by atoms with Gasteiger partial charge in [0.15, 0.2) is 0 Å². The lowest BCUT2D eigenvalue weighted by atomic mass is 9.98. The number of piperidine rings is 1. The maximum atomic E-state index is 12.9. The van der Waals surface area contributed by atoms with Crippen LogP contribution in [-0.4, -0.2) is 19.0 Å². The number of fused-ring (bicyclic) bond motifs is 1. The quantitative estimate of drug-likeness (QED) is 0.513. The molecule has 0 spiro atoms. The van der Waals surface area contributed by atoms with Crippen molar-refractivity contribution in [2.75, 3.05) is 23.3 Å². The number of carbonyl (C=O) groups excluding carboxylic acids is 1. The molecule has 0 atom stereocenters. The minimum absolute atomic E-state index is 0.185. The zero-order valence-electron chi connectivity index (χ0n) is 15.0. The Morgan fingerprint density at radius 2 is 1.89 bits per heavy atom. The summed E-state index contributed by atoms with van der Waals surface area (Å²) in [6.07, 6.45) is 2.34. The van der Waals surface area contributed by atoms with E-state index in [0.717, 1.165) is 40.5 Å². The molecule has 0 bridgehead atoms. The summed E-state index contributed by atoms with van der Waals surface area (Å²) in [6.45, 7) is 4.31. The molecule has 1 saturated heterocycles. The number of anilines is 2. The highest BCUT2D eigenvalue weighted by Gasteiger charge is 2.21. The van der Waals surface area contributed by atoms with Crippen molar-refractivity contribution >= 4 is 61.9 Å². The van der Waals surface area contributed by atoms with Crippen molar-refractivity contribution in [1.82, 2.24) is 0 Å². The predicted octanol–water partition coefficient (Wildman–Crippen LogP) is 6.70. The second-order valence-electron chi connectivity index (χ2n) is 7.03. The van der Waals surface area contributed by atoms with Gasteiger partial charge >= 0.3 is 0 Å². The number of carbonyl (C=O) groups is 1. The third-order valence-corrected chi connectivity index (χ3v) is 6.97. The first-order chi connectivity index (χ1) is 13.0. The van der Waals surface area contributed by atoms with Crippen LogP contribution >= 0.6 is 34.5 Å². The monoisotopic (exact) mass is 418 g/mol. The number of nitrogens with zero attached hydrogens (tertiary/aromatic N) is 1. The molecular weight excluding hydrogens is 399 g/mol. The molecule has 1 N–H and O–H groups in total. The highest BCUT2D eigenvalue weighted by atomic mass is 35.5. The van der Waals surface area contributed by atoms with Crippen molar-refractivity contribution in [3.63, 3.8) is 0 Å². The minimum atomic E-state index is -0.185. The number of hydrogen-bond donors (Lipinski definition) is 1. The Morgan fingerprint density at radius 3 is 2.67 bits per heavy atom. The molecule has 3 aromatic rings. The molecule has 0 aliphatic carbocycles. The molecule has 0 saturated carbocycles. The molecular formula is C21H20Cl2N2OS. The van der Waals surface area contributed by atoms with Gasteiger partial charge in [-0.2, -0.15) is 0 Å². The van der Waals surface area contributed by atoms with Crippen LogP contribution < -0.4 is 10.2 Å². The van der Waals surface area contributed by atoms with Gasteiger partial charge in [0, 0.05) is 28.2 Å². The Labute approximate surface area is 172 Å². The lowest BCUT2D eigenvalue weighted by Crippen LogP contribution is -2.33. The fraction of sp³-hybridized carbons (Fsp3) is 0.286. The molecule has 6 heteroatoms. The molecule has 0 radical (unpaired) electrons.